The number of ether oxygens (including phenoxy) is 2. The molecule has 1 aromatic carbocycles. The third-order valence-electron chi connectivity index (χ3n) is 3.10. The lowest BCUT2D eigenvalue weighted by atomic mass is 9.95. The van der Waals surface area contributed by atoms with Crippen LogP contribution < -0.4 is 9.47 Å². The van der Waals surface area contributed by atoms with Crippen molar-refractivity contribution in [1.29, 1.82) is 0 Å². The summed E-state index contributed by atoms with van der Waals surface area (Å²) in [5.74, 6) is 1.49. The Morgan fingerprint density at radius 1 is 1.18 bits per heavy atom. The maximum atomic E-state index is 9.89. The fourth-order valence-electron chi connectivity index (χ4n) is 2.20. The second-order valence-electron chi connectivity index (χ2n) is 4.39. The molecular formula is C14H20O3. The van der Waals surface area contributed by atoms with Gasteiger partial charge in [0.15, 0.2) is 11.5 Å². The molecule has 0 aliphatic heterocycles. The van der Waals surface area contributed by atoms with E-state index >= 15 is 0 Å². The topological polar surface area (TPSA) is 38.7 Å². The van der Waals surface area contributed by atoms with Gasteiger partial charge in [-0.2, -0.15) is 0 Å². The molecule has 0 bridgehead atoms. The first-order valence-electron chi connectivity index (χ1n) is 6.38. The van der Waals surface area contributed by atoms with E-state index in [1.165, 1.54) is 0 Å². The minimum Gasteiger partial charge on any atom is -0.490 e. The average Bonchev–Trinajstić information content (AvgIpc) is 2.35. The molecule has 0 heterocycles. The molecule has 2 rings (SSSR count). The Balaban J connectivity index is 2.06. The highest BCUT2D eigenvalue weighted by molar-refractivity contribution is 5.39. The second-order valence-corrected chi connectivity index (χ2v) is 4.39. The van der Waals surface area contributed by atoms with Gasteiger partial charge >= 0.3 is 0 Å². The van der Waals surface area contributed by atoms with Crippen molar-refractivity contribution in [3.63, 3.8) is 0 Å². The second kappa shape index (κ2) is 5.92. The molecule has 1 saturated carbocycles. The van der Waals surface area contributed by atoms with Gasteiger partial charge in [0.1, 0.15) is 6.10 Å². The SMILES string of the molecule is CCOc1ccccc1O[C@H]1CCCC[C@@H]1O. The van der Waals surface area contributed by atoms with E-state index in [0.717, 1.165) is 37.2 Å². The average molecular weight is 236 g/mol. The van der Waals surface area contributed by atoms with E-state index in [4.69, 9.17) is 9.47 Å². The molecule has 0 amide bonds. The quantitative estimate of drug-likeness (QED) is 0.873. The normalized spacial score (nSPS) is 24.4. The first-order chi connectivity index (χ1) is 8.31. The summed E-state index contributed by atoms with van der Waals surface area (Å²) in [7, 11) is 0. The monoisotopic (exact) mass is 236 g/mol. The third-order valence-corrected chi connectivity index (χ3v) is 3.10. The highest BCUT2D eigenvalue weighted by Gasteiger charge is 2.25. The first kappa shape index (κ1) is 12.2. The zero-order chi connectivity index (χ0) is 12.1. The van der Waals surface area contributed by atoms with Crippen LogP contribution in [0.3, 0.4) is 0 Å². The number of hydrogen-bond acceptors (Lipinski definition) is 3. The lowest BCUT2D eigenvalue weighted by molar-refractivity contribution is 0.00545. The molecule has 3 nitrogen and oxygen atoms in total. The van der Waals surface area contributed by atoms with Crippen LogP contribution >= 0.6 is 0 Å². The van der Waals surface area contributed by atoms with Crippen LogP contribution in [0.2, 0.25) is 0 Å². The number of aliphatic hydroxyl groups excluding tert-OH is 1. The van der Waals surface area contributed by atoms with Gasteiger partial charge in [-0.25, -0.2) is 0 Å². The zero-order valence-corrected chi connectivity index (χ0v) is 10.3. The molecule has 1 N–H and O–H groups in total. The van der Waals surface area contributed by atoms with Crippen LogP contribution in [-0.4, -0.2) is 23.9 Å². The maximum absolute atomic E-state index is 9.89. The molecule has 0 aromatic heterocycles. The number of para-hydroxylation sites is 2. The van der Waals surface area contributed by atoms with Gasteiger partial charge in [0.25, 0.3) is 0 Å². The van der Waals surface area contributed by atoms with Gasteiger partial charge in [-0.1, -0.05) is 18.6 Å². The van der Waals surface area contributed by atoms with Gasteiger partial charge in [0, 0.05) is 0 Å². The number of aliphatic hydroxyl groups is 1. The molecular weight excluding hydrogens is 216 g/mol. The lowest BCUT2D eigenvalue weighted by Crippen LogP contribution is -2.34. The van der Waals surface area contributed by atoms with E-state index < -0.39 is 0 Å². The molecule has 0 radical (unpaired) electrons. The largest absolute Gasteiger partial charge is 0.490 e. The Bertz CT molecular complexity index is 351. The maximum Gasteiger partial charge on any atom is 0.161 e. The van der Waals surface area contributed by atoms with Gasteiger partial charge in [-0.05, 0) is 38.3 Å². The molecule has 94 valence electrons. The molecule has 3 heteroatoms. The van der Waals surface area contributed by atoms with Crippen LogP contribution in [0.4, 0.5) is 0 Å². The van der Waals surface area contributed by atoms with Crippen molar-refractivity contribution in [1.82, 2.24) is 0 Å². The summed E-state index contributed by atoms with van der Waals surface area (Å²) in [6.07, 6.45) is 3.53. The van der Waals surface area contributed by atoms with Crippen LogP contribution in [0.1, 0.15) is 32.6 Å². The Morgan fingerprint density at radius 3 is 2.59 bits per heavy atom. The van der Waals surface area contributed by atoms with Crippen molar-refractivity contribution in [2.24, 2.45) is 0 Å². The summed E-state index contributed by atoms with van der Waals surface area (Å²) in [4.78, 5) is 0. The molecule has 2 atom stereocenters. The first-order valence-corrected chi connectivity index (χ1v) is 6.38. The Labute approximate surface area is 102 Å². The van der Waals surface area contributed by atoms with Crippen molar-refractivity contribution < 1.29 is 14.6 Å². The Morgan fingerprint density at radius 2 is 1.88 bits per heavy atom. The summed E-state index contributed by atoms with van der Waals surface area (Å²) in [6, 6.07) is 7.64. The van der Waals surface area contributed by atoms with E-state index in [0.29, 0.717) is 6.61 Å². The van der Waals surface area contributed by atoms with E-state index in [9.17, 15) is 5.11 Å². The molecule has 0 unspecified atom stereocenters. The van der Waals surface area contributed by atoms with Crippen molar-refractivity contribution >= 4 is 0 Å². The number of hydrogen-bond donors (Lipinski definition) is 1. The Hall–Kier alpha value is -1.22. The van der Waals surface area contributed by atoms with Gasteiger partial charge < -0.3 is 14.6 Å². The van der Waals surface area contributed by atoms with E-state index in [1.54, 1.807) is 0 Å². The molecule has 1 fully saturated rings. The van der Waals surface area contributed by atoms with Gasteiger partial charge in [-0.15, -0.1) is 0 Å². The minimum absolute atomic E-state index is 0.0923. The summed E-state index contributed by atoms with van der Waals surface area (Å²) in [6.45, 7) is 2.57. The van der Waals surface area contributed by atoms with Crippen LogP contribution in [0.15, 0.2) is 24.3 Å². The highest BCUT2D eigenvalue weighted by Crippen LogP contribution is 2.30. The Kier molecular flexibility index (Phi) is 4.26. The van der Waals surface area contributed by atoms with E-state index in [-0.39, 0.29) is 12.2 Å². The number of benzene rings is 1. The van der Waals surface area contributed by atoms with Crippen LogP contribution in [0, 0.1) is 0 Å². The van der Waals surface area contributed by atoms with Crippen molar-refractivity contribution in [2.75, 3.05) is 6.61 Å². The van der Waals surface area contributed by atoms with Crippen molar-refractivity contribution in [3.05, 3.63) is 24.3 Å². The standard InChI is InChI=1S/C14H20O3/c1-2-16-13-9-5-6-10-14(13)17-12-8-4-3-7-11(12)15/h5-6,9-12,15H,2-4,7-8H2,1H3/t11-,12-/m0/s1. The molecule has 1 aliphatic rings. The third kappa shape index (κ3) is 3.13. The molecule has 1 aromatic rings. The van der Waals surface area contributed by atoms with E-state index in [2.05, 4.69) is 0 Å². The fraction of sp³-hybridized carbons (Fsp3) is 0.571. The molecule has 0 spiro atoms. The van der Waals surface area contributed by atoms with Crippen molar-refractivity contribution in [3.8, 4) is 11.5 Å². The van der Waals surface area contributed by atoms with Crippen LogP contribution in [0.5, 0.6) is 11.5 Å². The molecule has 17 heavy (non-hydrogen) atoms. The zero-order valence-electron chi connectivity index (χ0n) is 10.3. The smallest absolute Gasteiger partial charge is 0.161 e. The minimum atomic E-state index is -0.349. The summed E-state index contributed by atoms with van der Waals surface area (Å²) in [5.41, 5.74) is 0. The summed E-state index contributed by atoms with van der Waals surface area (Å²) < 4.78 is 11.4. The predicted octanol–water partition coefficient (Wildman–Crippen LogP) is 2.77. The number of rotatable bonds is 4. The van der Waals surface area contributed by atoms with Gasteiger partial charge in [-0.3, -0.25) is 0 Å². The summed E-state index contributed by atoms with van der Waals surface area (Å²) in [5, 5.41) is 9.89. The van der Waals surface area contributed by atoms with E-state index in [1.807, 2.05) is 31.2 Å². The molecule has 0 saturated heterocycles. The summed E-state index contributed by atoms with van der Waals surface area (Å²) >= 11 is 0. The molecule has 1 aliphatic carbocycles. The van der Waals surface area contributed by atoms with Crippen molar-refractivity contribution in [2.45, 2.75) is 44.8 Å². The van der Waals surface area contributed by atoms with Crippen LogP contribution in [0.25, 0.3) is 0 Å². The lowest BCUT2D eigenvalue weighted by Gasteiger charge is -2.28. The highest BCUT2D eigenvalue weighted by atomic mass is 16.5. The van der Waals surface area contributed by atoms with Gasteiger partial charge in [0.2, 0.25) is 0 Å². The van der Waals surface area contributed by atoms with Gasteiger partial charge in [0.05, 0.1) is 12.7 Å². The predicted molar refractivity (Wildman–Crippen MR) is 66.5 cm³/mol. The van der Waals surface area contributed by atoms with Crippen LogP contribution in [-0.2, 0) is 0 Å². The fourth-order valence-corrected chi connectivity index (χ4v) is 2.20.